The van der Waals surface area contributed by atoms with E-state index in [4.69, 9.17) is 0 Å². The summed E-state index contributed by atoms with van der Waals surface area (Å²) < 4.78 is 2.98. The van der Waals surface area contributed by atoms with Gasteiger partial charge < -0.3 is 0 Å². The molecule has 0 spiro atoms. The second kappa shape index (κ2) is 4.63. The van der Waals surface area contributed by atoms with Crippen LogP contribution in [-0.2, 0) is 6.67 Å². The molecule has 0 saturated carbocycles. The van der Waals surface area contributed by atoms with Gasteiger partial charge in [0.05, 0.1) is 16.8 Å². The third-order valence-corrected chi connectivity index (χ3v) is 4.38. The fourth-order valence-corrected chi connectivity index (χ4v) is 3.43. The molecule has 2 aromatic rings. The van der Waals surface area contributed by atoms with E-state index in [1.54, 1.807) is 11.5 Å². The summed E-state index contributed by atoms with van der Waals surface area (Å²) in [7, 11) is 0. The number of piperidine rings is 1. The Morgan fingerprint density at radius 1 is 1.12 bits per heavy atom. The number of rotatable bonds is 2. The van der Waals surface area contributed by atoms with Crippen LogP contribution in [-0.4, -0.2) is 21.9 Å². The molecule has 1 aromatic heterocycles. The van der Waals surface area contributed by atoms with Gasteiger partial charge in [0, 0.05) is 0 Å². The molecule has 0 unspecified atom stereocenters. The number of hydrogen-bond donors (Lipinski definition) is 0. The van der Waals surface area contributed by atoms with Crippen LogP contribution in [0.3, 0.4) is 0 Å². The lowest BCUT2D eigenvalue weighted by atomic mass is 10.1. The summed E-state index contributed by atoms with van der Waals surface area (Å²) in [6.45, 7) is 3.01. The molecule has 0 radical (unpaired) electrons. The molecular formula is C13H16N2OS. The van der Waals surface area contributed by atoms with Crippen molar-refractivity contribution in [1.82, 2.24) is 8.86 Å². The lowest BCUT2D eigenvalue weighted by Gasteiger charge is -2.25. The van der Waals surface area contributed by atoms with Gasteiger partial charge in [-0.3, -0.25) is 9.69 Å². The van der Waals surface area contributed by atoms with E-state index in [0.29, 0.717) is 0 Å². The molecule has 0 aliphatic carbocycles. The first-order valence-electron chi connectivity index (χ1n) is 6.16. The van der Waals surface area contributed by atoms with Crippen LogP contribution >= 0.6 is 11.5 Å². The van der Waals surface area contributed by atoms with E-state index in [9.17, 15) is 4.79 Å². The molecule has 0 N–H and O–H groups in total. The van der Waals surface area contributed by atoms with Gasteiger partial charge in [0.2, 0.25) is 0 Å². The number of aromatic nitrogens is 1. The van der Waals surface area contributed by atoms with Crippen LogP contribution < -0.4 is 5.56 Å². The standard InChI is InChI=1S/C13H16N2OS/c16-13-11-6-2-3-7-12(11)17-15(13)10-14-8-4-1-5-9-14/h2-3,6-7H,1,4-5,8-10H2. The zero-order valence-corrected chi connectivity index (χ0v) is 10.6. The van der Waals surface area contributed by atoms with E-state index in [1.807, 2.05) is 28.2 Å². The lowest BCUT2D eigenvalue weighted by Crippen LogP contribution is -2.33. The molecule has 1 saturated heterocycles. The summed E-state index contributed by atoms with van der Waals surface area (Å²) in [5.41, 5.74) is 0.163. The van der Waals surface area contributed by atoms with Crippen LogP contribution in [0.1, 0.15) is 19.3 Å². The minimum absolute atomic E-state index is 0.163. The third-order valence-electron chi connectivity index (χ3n) is 3.33. The summed E-state index contributed by atoms with van der Waals surface area (Å²) in [5.74, 6) is 0. The normalized spacial score (nSPS) is 17.6. The highest BCUT2D eigenvalue weighted by Crippen LogP contribution is 2.17. The molecule has 1 fully saturated rings. The number of fused-ring (bicyclic) bond motifs is 1. The maximum atomic E-state index is 12.1. The second-order valence-electron chi connectivity index (χ2n) is 4.59. The molecule has 0 atom stereocenters. The van der Waals surface area contributed by atoms with E-state index < -0.39 is 0 Å². The minimum atomic E-state index is 0.163. The molecular weight excluding hydrogens is 232 g/mol. The van der Waals surface area contributed by atoms with Crippen molar-refractivity contribution in [3.63, 3.8) is 0 Å². The van der Waals surface area contributed by atoms with Crippen molar-refractivity contribution in [3.05, 3.63) is 34.6 Å². The predicted molar refractivity (Wildman–Crippen MR) is 71.5 cm³/mol. The highest BCUT2D eigenvalue weighted by Gasteiger charge is 2.13. The smallest absolute Gasteiger partial charge is 0.269 e. The molecule has 3 rings (SSSR count). The Bertz CT molecular complexity index is 566. The van der Waals surface area contributed by atoms with E-state index in [1.165, 1.54) is 19.3 Å². The van der Waals surface area contributed by atoms with Crippen molar-refractivity contribution >= 4 is 21.6 Å². The quantitative estimate of drug-likeness (QED) is 0.816. The summed E-state index contributed by atoms with van der Waals surface area (Å²) in [5, 5.41) is 0.856. The molecule has 90 valence electrons. The monoisotopic (exact) mass is 248 g/mol. The number of hydrogen-bond acceptors (Lipinski definition) is 3. The number of likely N-dealkylation sites (tertiary alicyclic amines) is 1. The van der Waals surface area contributed by atoms with Crippen LogP contribution in [0.2, 0.25) is 0 Å². The Kier molecular flexibility index (Phi) is 2.99. The van der Waals surface area contributed by atoms with Gasteiger partial charge in [-0.15, -0.1) is 0 Å². The average molecular weight is 248 g/mol. The fourth-order valence-electron chi connectivity index (χ4n) is 2.39. The summed E-state index contributed by atoms with van der Waals surface area (Å²) in [6.07, 6.45) is 3.86. The lowest BCUT2D eigenvalue weighted by molar-refractivity contribution is 0.187. The molecule has 4 heteroatoms. The highest BCUT2D eigenvalue weighted by molar-refractivity contribution is 7.13. The van der Waals surface area contributed by atoms with Crippen LogP contribution in [0, 0.1) is 0 Å². The van der Waals surface area contributed by atoms with Crippen molar-refractivity contribution in [2.75, 3.05) is 13.1 Å². The Labute approximate surface area is 104 Å². The van der Waals surface area contributed by atoms with Gasteiger partial charge in [-0.05, 0) is 38.1 Å². The van der Waals surface area contributed by atoms with Crippen LogP contribution in [0.5, 0.6) is 0 Å². The largest absolute Gasteiger partial charge is 0.285 e. The van der Waals surface area contributed by atoms with Crippen molar-refractivity contribution < 1.29 is 0 Å². The minimum Gasteiger partial charge on any atom is -0.285 e. The van der Waals surface area contributed by atoms with Crippen molar-refractivity contribution in [1.29, 1.82) is 0 Å². The maximum Gasteiger partial charge on any atom is 0.269 e. The zero-order chi connectivity index (χ0) is 11.7. The Morgan fingerprint density at radius 3 is 2.65 bits per heavy atom. The Morgan fingerprint density at radius 2 is 1.88 bits per heavy atom. The fraction of sp³-hybridized carbons (Fsp3) is 0.462. The molecule has 0 amide bonds. The van der Waals surface area contributed by atoms with Gasteiger partial charge in [0.1, 0.15) is 0 Å². The van der Waals surface area contributed by atoms with Crippen molar-refractivity contribution in [2.45, 2.75) is 25.9 Å². The van der Waals surface area contributed by atoms with E-state index in [2.05, 4.69) is 4.90 Å². The molecule has 2 heterocycles. The van der Waals surface area contributed by atoms with Gasteiger partial charge in [-0.2, -0.15) is 0 Å². The Hall–Kier alpha value is -1.13. The predicted octanol–water partition coefficient (Wildman–Crippen LogP) is 2.51. The third kappa shape index (κ3) is 2.15. The highest BCUT2D eigenvalue weighted by atomic mass is 32.1. The van der Waals surface area contributed by atoms with E-state index in [-0.39, 0.29) is 5.56 Å². The summed E-state index contributed by atoms with van der Waals surface area (Å²) >= 11 is 1.58. The maximum absolute atomic E-state index is 12.1. The van der Waals surface area contributed by atoms with Crippen LogP contribution in [0.4, 0.5) is 0 Å². The second-order valence-corrected chi connectivity index (χ2v) is 5.65. The molecule has 1 aliphatic heterocycles. The molecule has 17 heavy (non-hydrogen) atoms. The SMILES string of the molecule is O=c1c2ccccc2sn1CN1CCCCC1. The molecule has 3 nitrogen and oxygen atoms in total. The average Bonchev–Trinajstić information content (AvgIpc) is 2.68. The Balaban J connectivity index is 1.89. The van der Waals surface area contributed by atoms with E-state index in [0.717, 1.165) is 29.8 Å². The van der Waals surface area contributed by atoms with Crippen LogP contribution in [0.25, 0.3) is 10.1 Å². The summed E-state index contributed by atoms with van der Waals surface area (Å²) in [4.78, 5) is 14.5. The first kappa shape index (κ1) is 11.0. The van der Waals surface area contributed by atoms with Gasteiger partial charge in [-0.1, -0.05) is 30.1 Å². The van der Waals surface area contributed by atoms with Crippen LogP contribution in [0.15, 0.2) is 29.1 Å². The van der Waals surface area contributed by atoms with E-state index >= 15 is 0 Å². The van der Waals surface area contributed by atoms with Crippen molar-refractivity contribution in [3.8, 4) is 0 Å². The van der Waals surface area contributed by atoms with Gasteiger partial charge in [0.15, 0.2) is 0 Å². The van der Waals surface area contributed by atoms with Crippen molar-refractivity contribution in [2.24, 2.45) is 0 Å². The van der Waals surface area contributed by atoms with Gasteiger partial charge >= 0.3 is 0 Å². The number of benzene rings is 1. The molecule has 1 aromatic carbocycles. The first-order valence-corrected chi connectivity index (χ1v) is 6.93. The summed E-state index contributed by atoms with van der Waals surface area (Å²) in [6, 6.07) is 7.86. The topological polar surface area (TPSA) is 25.2 Å². The molecule has 1 aliphatic rings. The first-order chi connectivity index (χ1) is 8.34. The van der Waals surface area contributed by atoms with Gasteiger partial charge in [0.25, 0.3) is 5.56 Å². The van der Waals surface area contributed by atoms with Gasteiger partial charge in [-0.25, -0.2) is 3.96 Å². The zero-order valence-electron chi connectivity index (χ0n) is 9.76. The number of nitrogens with zero attached hydrogens (tertiary/aromatic N) is 2. The molecule has 0 bridgehead atoms.